The van der Waals surface area contributed by atoms with Crippen molar-refractivity contribution in [2.75, 3.05) is 14.2 Å². The molecule has 0 N–H and O–H groups in total. The monoisotopic (exact) mass is 302 g/mol. The Morgan fingerprint density at radius 3 is 1.95 bits per heavy atom. The molecule has 0 aliphatic rings. The topological polar surface area (TPSA) is 61.5 Å². The molecule has 0 fully saturated rings. The number of methoxy groups -OCH3 is 2. The Morgan fingerprint density at radius 2 is 1.50 bits per heavy atom. The number of hydrogen-bond acceptors (Lipinski definition) is 5. The highest BCUT2D eigenvalue weighted by Crippen LogP contribution is 2.21. The third-order valence-corrected chi connectivity index (χ3v) is 3.56. The maximum Gasteiger partial charge on any atom is 0.183 e. The van der Waals surface area contributed by atoms with Gasteiger partial charge in [-0.1, -0.05) is 30.3 Å². The Kier molecular flexibility index (Phi) is 5.41. The standard InChI is InChI=1S/C16H22N4O2/c1-11(14-9-7-6-8-10-14)19-20-15(12(2)21-4)17-18-16(20)13(3)22-5/h6-10,12-13H,1-5H3. The first kappa shape index (κ1) is 16.3. The van der Waals surface area contributed by atoms with Crippen molar-refractivity contribution in [3.05, 3.63) is 47.5 Å². The van der Waals surface area contributed by atoms with Gasteiger partial charge < -0.3 is 9.47 Å². The van der Waals surface area contributed by atoms with Crippen LogP contribution in [-0.4, -0.2) is 34.8 Å². The summed E-state index contributed by atoms with van der Waals surface area (Å²) in [6.07, 6.45) is -0.421. The fourth-order valence-electron chi connectivity index (χ4n) is 2.01. The van der Waals surface area contributed by atoms with Crippen LogP contribution in [0.5, 0.6) is 0 Å². The summed E-state index contributed by atoms with van der Waals surface area (Å²) in [5.41, 5.74) is 1.91. The number of hydrogen-bond donors (Lipinski definition) is 0. The van der Waals surface area contributed by atoms with Gasteiger partial charge in [-0.05, 0) is 26.3 Å². The molecule has 2 rings (SSSR count). The van der Waals surface area contributed by atoms with Crippen LogP contribution in [0.4, 0.5) is 0 Å². The van der Waals surface area contributed by atoms with Crippen molar-refractivity contribution in [2.45, 2.75) is 33.0 Å². The fourth-order valence-corrected chi connectivity index (χ4v) is 2.01. The third kappa shape index (κ3) is 3.40. The lowest BCUT2D eigenvalue weighted by Gasteiger charge is -2.13. The molecule has 0 spiro atoms. The summed E-state index contributed by atoms with van der Waals surface area (Å²) in [6.45, 7) is 5.78. The van der Waals surface area contributed by atoms with Crippen LogP contribution >= 0.6 is 0 Å². The van der Waals surface area contributed by atoms with Gasteiger partial charge in [0.1, 0.15) is 12.2 Å². The van der Waals surface area contributed by atoms with E-state index in [1.165, 1.54) is 0 Å². The SMILES string of the molecule is COC(C)c1nnc(C(C)OC)n1N=C(C)c1ccccc1. The van der Waals surface area contributed by atoms with Crippen LogP contribution in [-0.2, 0) is 9.47 Å². The van der Waals surface area contributed by atoms with Crippen molar-refractivity contribution < 1.29 is 9.47 Å². The zero-order chi connectivity index (χ0) is 16.1. The zero-order valence-corrected chi connectivity index (χ0v) is 13.6. The van der Waals surface area contributed by atoms with Gasteiger partial charge in [0.25, 0.3) is 0 Å². The minimum atomic E-state index is -0.211. The van der Waals surface area contributed by atoms with E-state index in [-0.39, 0.29) is 12.2 Å². The van der Waals surface area contributed by atoms with Gasteiger partial charge in [0.05, 0.1) is 5.71 Å². The van der Waals surface area contributed by atoms with Crippen LogP contribution in [0.2, 0.25) is 0 Å². The highest BCUT2D eigenvalue weighted by atomic mass is 16.5. The molecule has 6 nitrogen and oxygen atoms in total. The Balaban J connectivity index is 2.49. The molecular formula is C16H22N4O2. The molecule has 2 aromatic rings. The van der Waals surface area contributed by atoms with Gasteiger partial charge in [-0.2, -0.15) is 9.78 Å². The molecular weight excluding hydrogens is 280 g/mol. The molecule has 0 amide bonds. The van der Waals surface area contributed by atoms with Gasteiger partial charge in [0.2, 0.25) is 0 Å². The Labute approximate surface area is 130 Å². The van der Waals surface area contributed by atoms with Crippen LogP contribution < -0.4 is 0 Å². The van der Waals surface area contributed by atoms with Gasteiger partial charge in [0, 0.05) is 14.2 Å². The molecule has 0 aliphatic heterocycles. The number of nitrogens with zero attached hydrogens (tertiary/aromatic N) is 4. The predicted octanol–water partition coefficient (Wildman–Crippen LogP) is 2.97. The summed E-state index contributed by atoms with van der Waals surface area (Å²) in [5.74, 6) is 1.30. The molecule has 1 aromatic carbocycles. The van der Waals surface area contributed by atoms with Crippen LogP contribution in [0, 0.1) is 0 Å². The predicted molar refractivity (Wildman–Crippen MR) is 84.9 cm³/mol. The second-order valence-corrected chi connectivity index (χ2v) is 5.04. The van der Waals surface area contributed by atoms with Crippen molar-refractivity contribution in [1.82, 2.24) is 14.9 Å². The lowest BCUT2D eigenvalue weighted by molar-refractivity contribution is 0.101. The Bertz CT molecular complexity index is 609. The zero-order valence-electron chi connectivity index (χ0n) is 13.6. The summed E-state index contributed by atoms with van der Waals surface area (Å²) < 4.78 is 12.4. The molecule has 0 saturated heterocycles. The maximum atomic E-state index is 5.36. The smallest absolute Gasteiger partial charge is 0.183 e. The van der Waals surface area contributed by atoms with E-state index in [0.29, 0.717) is 11.6 Å². The first-order valence-corrected chi connectivity index (χ1v) is 7.20. The maximum absolute atomic E-state index is 5.36. The molecule has 118 valence electrons. The fraction of sp³-hybridized carbons (Fsp3) is 0.438. The molecule has 1 heterocycles. The van der Waals surface area contributed by atoms with E-state index in [1.54, 1.807) is 18.9 Å². The van der Waals surface area contributed by atoms with Crippen LogP contribution in [0.15, 0.2) is 35.4 Å². The molecule has 0 aliphatic carbocycles. The summed E-state index contributed by atoms with van der Waals surface area (Å²) >= 11 is 0. The van der Waals surface area contributed by atoms with Gasteiger partial charge in [-0.15, -0.1) is 10.2 Å². The molecule has 0 saturated carbocycles. The van der Waals surface area contributed by atoms with Gasteiger partial charge in [-0.3, -0.25) is 0 Å². The second kappa shape index (κ2) is 7.29. The number of ether oxygens (including phenoxy) is 2. The Hall–Kier alpha value is -2.05. The molecule has 1 aromatic heterocycles. The van der Waals surface area contributed by atoms with Crippen LogP contribution in [0.1, 0.15) is 50.2 Å². The van der Waals surface area contributed by atoms with E-state index < -0.39 is 0 Å². The van der Waals surface area contributed by atoms with Gasteiger partial charge >= 0.3 is 0 Å². The van der Waals surface area contributed by atoms with Crippen molar-refractivity contribution in [3.63, 3.8) is 0 Å². The van der Waals surface area contributed by atoms with Gasteiger partial charge in [-0.25, -0.2) is 0 Å². The summed E-state index contributed by atoms with van der Waals surface area (Å²) in [5, 5.41) is 13.1. The third-order valence-electron chi connectivity index (χ3n) is 3.56. The summed E-state index contributed by atoms with van der Waals surface area (Å²) in [4.78, 5) is 0. The van der Waals surface area contributed by atoms with Gasteiger partial charge in [0.15, 0.2) is 11.6 Å². The van der Waals surface area contributed by atoms with Crippen molar-refractivity contribution >= 4 is 5.71 Å². The van der Waals surface area contributed by atoms with E-state index in [4.69, 9.17) is 9.47 Å². The molecule has 22 heavy (non-hydrogen) atoms. The van der Waals surface area contributed by atoms with E-state index >= 15 is 0 Å². The number of rotatable bonds is 6. The molecule has 2 atom stereocenters. The van der Waals surface area contributed by atoms with E-state index in [9.17, 15) is 0 Å². The van der Waals surface area contributed by atoms with E-state index in [1.807, 2.05) is 51.1 Å². The molecule has 2 unspecified atom stereocenters. The van der Waals surface area contributed by atoms with E-state index in [2.05, 4.69) is 15.3 Å². The van der Waals surface area contributed by atoms with Crippen LogP contribution in [0.25, 0.3) is 0 Å². The lowest BCUT2D eigenvalue weighted by atomic mass is 10.1. The van der Waals surface area contributed by atoms with Crippen LogP contribution in [0.3, 0.4) is 0 Å². The average molecular weight is 302 g/mol. The first-order chi connectivity index (χ1) is 10.6. The number of aromatic nitrogens is 3. The Morgan fingerprint density at radius 1 is 1.00 bits per heavy atom. The highest BCUT2D eigenvalue weighted by molar-refractivity contribution is 5.98. The van der Waals surface area contributed by atoms with E-state index in [0.717, 1.165) is 11.3 Å². The first-order valence-electron chi connectivity index (χ1n) is 7.20. The minimum Gasteiger partial charge on any atom is -0.374 e. The largest absolute Gasteiger partial charge is 0.374 e. The second-order valence-electron chi connectivity index (χ2n) is 5.04. The number of benzene rings is 1. The summed E-state index contributed by atoms with van der Waals surface area (Å²) in [6, 6.07) is 9.98. The normalized spacial score (nSPS) is 14.9. The van der Waals surface area contributed by atoms with Crippen molar-refractivity contribution in [2.24, 2.45) is 5.10 Å². The average Bonchev–Trinajstić information content (AvgIpc) is 2.97. The quantitative estimate of drug-likeness (QED) is 0.770. The van der Waals surface area contributed by atoms with Crippen molar-refractivity contribution in [1.29, 1.82) is 0 Å². The highest BCUT2D eigenvalue weighted by Gasteiger charge is 2.21. The summed E-state index contributed by atoms with van der Waals surface area (Å²) in [7, 11) is 3.27. The minimum absolute atomic E-state index is 0.211. The molecule has 0 bridgehead atoms. The molecule has 6 heteroatoms. The lowest BCUT2D eigenvalue weighted by Crippen LogP contribution is -2.12. The van der Waals surface area contributed by atoms with Crippen molar-refractivity contribution in [3.8, 4) is 0 Å². The molecule has 0 radical (unpaired) electrons.